The maximum absolute atomic E-state index is 11.0. The largest absolute Gasteiger partial charge is 0.309 e. The SMILES string of the molecule is N#Cc1ccc2c(c1)c1ccccc1n2-c1ccccc1C1=CC(C#N)CC=C1c1cccc(N2c3ccccc3Cc3ccccc32)c1C#N. The zero-order valence-corrected chi connectivity index (χ0v) is 27.6. The summed E-state index contributed by atoms with van der Waals surface area (Å²) in [6.45, 7) is 0. The fourth-order valence-electron chi connectivity index (χ4n) is 7.91. The molecule has 0 amide bonds. The van der Waals surface area contributed by atoms with Crippen LogP contribution in [0, 0.1) is 39.9 Å². The highest BCUT2D eigenvalue weighted by Gasteiger charge is 2.29. The summed E-state index contributed by atoms with van der Waals surface area (Å²) in [7, 11) is 0. The van der Waals surface area contributed by atoms with E-state index in [-0.39, 0.29) is 5.92 Å². The van der Waals surface area contributed by atoms with Gasteiger partial charge in [-0.2, -0.15) is 15.8 Å². The smallest absolute Gasteiger partial charge is 0.102 e. The summed E-state index contributed by atoms with van der Waals surface area (Å²) in [4.78, 5) is 2.22. The van der Waals surface area contributed by atoms with Gasteiger partial charge in [0.1, 0.15) is 6.07 Å². The Hall–Kier alpha value is -7.13. The molecule has 7 aromatic rings. The van der Waals surface area contributed by atoms with Crippen molar-refractivity contribution < 1.29 is 0 Å². The van der Waals surface area contributed by atoms with Crippen LogP contribution in [-0.4, -0.2) is 4.57 Å². The highest BCUT2D eigenvalue weighted by molar-refractivity contribution is 6.12. The van der Waals surface area contributed by atoms with Gasteiger partial charge in [-0.05, 0) is 77.2 Å². The zero-order chi connectivity index (χ0) is 34.5. The number of hydrogen-bond donors (Lipinski definition) is 0. The van der Waals surface area contributed by atoms with Gasteiger partial charge >= 0.3 is 0 Å². The molecule has 0 bridgehead atoms. The number of allylic oxidation sites excluding steroid dienone is 4. The first-order chi connectivity index (χ1) is 25.2. The molecule has 1 unspecified atom stereocenters. The molecule has 5 heteroatoms. The van der Waals surface area contributed by atoms with E-state index < -0.39 is 0 Å². The topological polar surface area (TPSA) is 79.5 Å². The molecule has 1 atom stereocenters. The molecular weight excluding hydrogens is 623 g/mol. The van der Waals surface area contributed by atoms with Crippen LogP contribution in [0.15, 0.2) is 146 Å². The Kier molecular flexibility index (Phi) is 7.10. The second-order valence-corrected chi connectivity index (χ2v) is 13.0. The monoisotopic (exact) mass is 651 g/mol. The average Bonchev–Trinajstić information content (AvgIpc) is 3.52. The number of para-hydroxylation sites is 4. The molecule has 2 aliphatic rings. The van der Waals surface area contributed by atoms with Gasteiger partial charge in [0.15, 0.2) is 0 Å². The van der Waals surface area contributed by atoms with E-state index >= 15 is 0 Å². The Labute approximate surface area is 296 Å². The van der Waals surface area contributed by atoms with Gasteiger partial charge in [0.05, 0.1) is 51.6 Å². The highest BCUT2D eigenvalue weighted by atomic mass is 15.2. The van der Waals surface area contributed by atoms with Gasteiger partial charge < -0.3 is 9.47 Å². The van der Waals surface area contributed by atoms with E-state index in [0.717, 1.165) is 73.2 Å². The van der Waals surface area contributed by atoms with Gasteiger partial charge in [0, 0.05) is 39.7 Å². The first-order valence-electron chi connectivity index (χ1n) is 17.0. The molecule has 0 spiro atoms. The van der Waals surface area contributed by atoms with Crippen LogP contribution in [0.25, 0.3) is 38.6 Å². The van der Waals surface area contributed by atoms with Gasteiger partial charge in [-0.3, -0.25) is 0 Å². The molecule has 5 nitrogen and oxygen atoms in total. The molecule has 1 aliphatic carbocycles. The normalized spacial score (nSPS) is 14.8. The van der Waals surface area contributed by atoms with E-state index in [1.54, 1.807) is 0 Å². The third-order valence-corrected chi connectivity index (χ3v) is 10.2. The minimum absolute atomic E-state index is 0.317. The highest BCUT2D eigenvalue weighted by Crippen LogP contribution is 2.48. The van der Waals surface area contributed by atoms with Crippen LogP contribution in [-0.2, 0) is 6.42 Å². The standard InChI is InChI=1S/C46H29N5/c47-27-30-20-22-35(34-14-9-19-45(40(34)29-49)50-41-15-5-1-10-32(41)26-33-11-2-6-16-42(33)50)38(24-30)36-12-3-7-17-43(36)51-44-18-8-4-13-37(44)39-25-31(28-48)21-23-46(39)51/h1-19,21-25,30H,20,26H2. The zero-order valence-electron chi connectivity index (χ0n) is 27.6. The lowest BCUT2D eigenvalue weighted by Crippen LogP contribution is -2.19. The van der Waals surface area contributed by atoms with E-state index in [2.05, 4.69) is 113 Å². The maximum Gasteiger partial charge on any atom is 0.102 e. The van der Waals surface area contributed by atoms with Gasteiger partial charge in [-0.1, -0.05) is 97.1 Å². The molecule has 0 saturated carbocycles. The fourth-order valence-corrected chi connectivity index (χ4v) is 7.91. The Bertz CT molecular complexity index is 2710. The number of nitrogens with zero attached hydrogens (tertiary/aromatic N) is 5. The summed E-state index contributed by atoms with van der Waals surface area (Å²) in [6, 6.07) is 52.7. The van der Waals surface area contributed by atoms with Gasteiger partial charge in [0.2, 0.25) is 0 Å². The minimum Gasteiger partial charge on any atom is -0.309 e. The summed E-state index contributed by atoms with van der Waals surface area (Å²) in [5.41, 5.74) is 13.2. The Morgan fingerprint density at radius 2 is 1.20 bits per heavy atom. The molecule has 0 fully saturated rings. The molecule has 6 aromatic carbocycles. The molecule has 1 aromatic heterocycles. The number of fused-ring (bicyclic) bond motifs is 5. The van der Waals surface area contributed by atoms with Crippen molar-refractivity contribution in [1.82, 2.24) is 4.57 Å². The molecule has 1 aliphatic heterocycles. The van der Waals surface area contributed by atoms with Crippen molar-refractivity contribution in [2.45, 2.75) is 12.8 Å². The third-order valence-electron chi connectivity index (χ3n) is 10.2. The minimum atomic E-state index is -0.317. The Morgan fingerprint density at radius 1 is 0.549 bits per heavy atom. The number of rotatable bonds is 4. The number of benzene rings is 6. The lowest BCUT2D eigenvalue weighted by atomic mass is 9.81. The molecule has 0 saturated heterocycles. The second-order valence-electron chi connectivity index (χ2n) is 13.0. The predicted molar refractivity (Wildman–Crippen MR) is 204 cm³/mol. The Balaban J connectivity index is 1.26. The van der Waals surface area contributed by atoms with Crippen molar-refractivity contribution in [3.8, 4) is 23.9 Å². The van der Waals surface area contributed by atoms with Crippen LogP contribution in [0.4, 0.5) is 17.1 Å². The molecule has 2 heterocycles. The molecule has 51 heavy (non-hydrogen) atoms. The van der Waals surface area contributed by atoms with E-state index in [1.165, 1.54) is 11.1 Å². The fraction of sp³-hybridized carbons (Fsp3) is 0.0652. The van der Waals surface area contributed by atoms with Crippen LogP contribution in [0.5, 0.6) is 0 Å². The molecule has 238 valence electrons. The van der Waals surface area contributed by atoms with Crippen molar-refractivity contribution in [1.29, 1.82) is 15.8 Å². The van der Waals surface area contributed by atoms with E-state index in [4.69, 9.17) is 0 Å². The van der Waals surface area contributed by atoms with Crippen molar-refractivity contribution >= 4 is 50.0 Å². The number of anilines is 3. The lowest BCUT2D eigenvalue weighted by Gasteiger charge is -2.34. The molecule has 0 radical (unpaired) electrons. The average molecular weight is 652 g/mol. The molecule has 0 N–H and O–H groups in total. The number of hydrogen-bond acceptors (Lipinski definition) is 4. The second kappa shape index (κ2) is 12.1. The molecular formula is C46H29N5. The first kappa shape index (κ1) is 30.0. The van der Waals surface area contributed by atoms with Crippen LogP contribution < -0.4 is 4.90 Å². The third kappa shape index (κ3) is 4.74. The summed E-state index contributed by atoms with van der Waals surface area (Å²) >= 11 is 0. The summed E-state index contributed by atoms with van der Waals surface area (Å²) in [6.07, 6.45) is 5.57. The van der Waals surface area contributed by atoms with Gasteiger partial charge in [0.25, 0.3) is 0 Å². The van der Waals surface area contributed by atoms with Gasteiger partial charge in [-0.25, -0.2) is 0 Å². The predicted octanol–water partition coefficient (Wildman–Crippen LogP) is 10.9. The van der Waals surface area contributed by atoms with E-state index in [9.17, 15) is 15.8 Å². The number of aromatic nitrogens is 1. The van der Waals surface area contributed by atoms with Crippen molar-refractivity contribution in [2.75, 3.05) is 4.90 Å². The quantitative estimate of drug-likeness (QED) is 0.190. The molecule has 9 rings (SSSR count). The lowest BCUT2D eigenvalue weighted by molar-refractivity contribution is 0.843. The maximum atomic E-state index is 11.0. The van der Waals surface area contributed by atoms with Gasteiger partial charge in [-0.15, -0.1) is 0 Å². The van der Waals surface area contributed by atoms with Crippen molar-refractivity contribution in [3.05, 3.63) is 179 Å². The Morgan fingerprint density at radius 3 is 1.94 bits per heavy atom. The van der Waals surface area contributed by atoms with Crippen LogP contribution >= 0.6 is 0 Å². The van der Waals surface area contributed by atoms with Crippen LogP contribution in [0.2, 0.25) is 0 Å². The summed E-state index contributed by atoms with van der Waals surface area (Å²) < 4.78 is 2.25. The van der Waals surface area contributed by atoms with Crippen LogP contribution in [0.3, 0.4) is 0 Å². The van der Waals surface area contributed by atoms with E-state index in [0.29, 0.717) is 17.5 Å². The van der Waals surface area contributed by atoms with Crippen molar-refractivity contribution in [3.63, 3.8) is 0 Å². The van der Waals surface area contributed by atoms with E-state index in [1.807, 2.05) is 60.7 Å². The number of nitriles is 3. The van der Waals surface area contributed by atoms with Crippen LogP contribution in [0.1, 0.15) is 39.8 Å². The first-order valence-corrected chi connectivity index (χ1v) is 17.0. The van der Waals surface area contributed by atoms with Crippen molar-refractivity contribution in [2.24, 2.45) is 5.92 Å². The summed E-state index contributed by atoms with van der Waals surface area (Å²) in [5.74, 6) is -0.317. The summed E-state index contributed by atoms with van der Waals surface area (Å²) in [5, 5.41) is 33.0.